The molecule has 3 heterocycles. The summed E-state index contributed by atoms with van der Waals surface area (Å²) in [6, 6.07) is 8.11. The largest absolute Gasteiger partial charge is 0.741 e. The molecule has 1 spiro atoms. The summed E-state index contributed by atoms with van der Waals surface area (Å²) in [5.41, 5.74) is -5.17. The number of phenolic OH excluding ortho intramolecular Hbond substituents is 3. The third-order valence-corrected chi connectivity index (χ3v) is 21.0. The van der Waals surface area contributed by atoms with Crippen LogP contribution in [-0.2, 0) is 53.3 Å². The molecular weight excluding hydrogens is 1130 g/mol. The maximum atomic E-state index is 11.1. The fourth-order valence-corrected chi connectivity index (χ4v) is 12.2. The van der Waals surface area contributed by atoms with Crippen molar-refractivity contribution in [2.75, 3.05) is 78.9 Å². The van der Waals surface area contributed by atoms with E-state index in [2.05, 4.69) is 80.9 Å². The molecule has 442 valence electrons. The zero-order valence-electron chi connectivity index (χ0n) is 45.3. The topological polar surface area (TPSA) is 311 Å². The second-order valence-corrected chi connectivity index (χ2v) is 33.7. The van der Waals surface area contributed by atoms with Crippen LogP contribution in [0.25, 0.3) is 0 Å². The van der Waals surface area contributed by atoms with Crippen molar-refractivity contribution in [3.05, 3.63) is 103 Å². The third kappa shape index (κ3) is 18.6. The summed E-state index contributed by atoms with van der Waals surface area (Å²) < 4.78 is 102. The second kappa shape index (κ2) is 26.7. The minimum atomic E-state index is -6.75. The Morgan fingerprint density at radius 1 is 0.658 bits per heavy atom. The molecule has 3 aliphatic heterocycles. The molecule has 79 heavy (non-hydrogen) atoms. The van der Waals surface area contributed by atoms with Gasteiger partial charge in [0.2, 0.25) is 0 Å². The van der Waals surface area contributed by atoms with Crippen molar-refractivity contribution < 1.29 is 112 Å². The molecule has 0 radical (unpaired) electrons. The number of likely N-dealkylation sites (N-methyl/N-ethyl adjacent to an activating group) is 1. The number of carboxylic acids is 3. The van der Waals surface area contributed by atoms with Gasteiger partial charge in [0, 0.05) is 27.3 Å². The number of ether oxygens (including phenoxy) is 1. The first-order valence-corrected chi connectivity index (χ1v) is 33.6. The van der Waals surface area contributed by atoms with E-state index in [-0.39, 0.29) is 78.4 Å². The SMILES string of the molecule is C=CC(=O)OCC[P+](C)(CC)CC.C=CC[N+](C)(C)CC=C.C=C[P+](C)(C)C.O=C(O)CCc1ccc2c(c1O)O[P-]13(O2)(Oc2ccc(CCC(=O)O)c(O)c2O1)Oc1ccc(CCC(=O)O)c(O)c1O3.O=S(=O)([O-])C(F)(F)F. The monoisotopic (exact) mass is 1200 g/mol. The molecule has 28 heteroatoms. The molecular formula is C51H72F3NO20P3S+. The molecule has 0 aromatic heterocycles. The fourth-order valence-electron chi connectivity index (χ4n) is 6.77. The quantitative estimate of drug-likeness (QED) is 0.0116. The molecule has 0 saturated heterocycles. The minimum Gasteiger partial charge on any atom is -0.741 e. The predicted molar refractivity (Wildman–Crippen MR) is 296 cm³/mol. The number of alkyl halides is 3. The first kappa shape index (κ1) is 68.8. The van der Waals surface area contributed by atoms with Crippen molar-refractivity contribution in [3.8, 4) is 51.7 Å². The Morgan fingerprint density at radius 2 is 0.962 bits per heavy atom. The number of phenols is 3. The number of nitrogens with zero attached hydrogens (tertiary/aromatic N) is 1. The first-order chi connectivity index (χ1) is 36.3. The van der Waals surface area contributed by atoms with Gasteiger partial charge in [-0.2, -0.15) is 13.2 Å². The zero-order valence-corrected chi connectivity index (χ0v) is 48.8. The molecule has 0 fully saturated rings. The van der Waals surface area contributed by atoms with Crippen LogP contribution in [0, 0.1) is 0 Å². The summed E-state index contributed by atoms with van der Waals surface area (Å²) in [7, 11) is -9.97. The molecule has 0 atom stereocenters. The van der Waals surface area contributed by atoms with Crippen LogP contribution in [0.2, 0.25) is 0 Å². The standard InChI is InChI=1S/C27H24O15P.C10H20O2P.C8H16N.C5H12P.CHF3O3S/c28-19(29)10-4-13-1-7-16-25(22(13)34)40-43(37-16,38-17-8-2-14(5-11-20(30)31)23(35)26(17)41-43)39-18-9-3-15(6-12-21(32)33)24(36)27(18)42-43;1-5-10(11)12-8-9-13(4,6-2)7-3;1-5-7-9(3,4)8-6-2;1-5-6(2,3)4;2-1(3,4)8(5,6)7/h1-3,7-9,34-36H,4-6,10-12H2,(H,28,29)(H,30,31)(H,32,33);5H,1,6-9H2,2-4H3;5-6H,1-2,7-8H2,3-4H3;5H,1H2,2-4H3;(H,5,6,7)/q-1;3*+1;/p-1. The maximum absolute atomic E-state index is 11.1. The molecule has 0 saturated carbocycles. The van der Waals surface area contributed by atoms with Crippen LogP contribution in [-0.4, -0.2) is 156 Å². The van der Waals surface area contributed by atoms with Crippen LogP contribution < -0.4 is 27.1 Å². The van der Waals surface area contributed by atoms with Gasteiger partial charge in [0.05, 0.1) is 71.5 Å². The molecule has 3 aromatic carbocycles. The Bertz CT molecular complexity index is 2660. The fraction of sp³-hybridized carbons (Fsp3) is 0.412. The Morgan fingerprint density at radius 3 is 1.19 bits per heavy atom. The molecule has 0 unspecified atom stereocenters. The average Bonchev–Trinajstić information content (AvgIpc) is 3.94. The predicted octanol–water partition coefficient (Wildman–Crippen LogP) is 10.1. The summed E-state index contributed by atoms with van der Waals surface area (Å²) in [6.07, 6.45) is 7.33. The Kier molecular flexibility index (Phi) is 23.3. The van der Waals surface area contributed by atoms with E-state index in [0.717, 1.165) is 23.7 Å². The van der Waals surface area contributed by atoms with Gasteiger partial charge in [-0.25, -0.2) is 13.2 Å². The van der Waals surface area contributed by atoms with E-state index in [4.69, 9.17) is 60.2 Å². The van der Waals surface area contributed by atoms with Gasteiger partial charge in [0.1, 0.15) is 6.61 Å². The smallest absolute Gasteiger partial charge is 0.485 e. The molecule has 0 bridgehead atoms. The van der Waals surface area contributed by atoms with Gasteiger partial charge in [0.15, 0.2) is 10.1 Å². The van der Waals surface area contributed by atoms with Crippen molar-refractivity contribution in [2.45, 2.75) is 57.9 Å². The van der Waals surface area contributed by atoms with Crippen molar-refractivity contribution in [1.82, 2.24) is 0 Å². The minimum absolute atomic E-state index is 0.0951. The molecule has 6 rings (SSSR count). The maximum Gasteiger partial charge on any atom is 0.485 e. The number of aromatic hydroxyl groups is 3. The molecule has 3 aliphatic rings. The number of halogens is 3. The number of carboxylic acid groups (broad SMARTS) is 3. The molecule has 0 amide bonds. The van der Waals surface area contributed by atoms with E-state index in [9.17, 15) is 47.7 Å². The first-order valence-electron chi connectivity index (χ1n) is 24.0. The normalized spacial score (nSPS) is 15.3. The van der Waals surface area contributed by atoms with Gasteiger partial charge >= 0.3 is 252 Å². The van der Waals surface area contributed by atoms with Crippen LogP contribution in [0.1, 0.15) is 49.8 Å². The number of carbonyl (C=O) groups excluding carboxylic acids is 1. The van der Waals surface area contributed by atoms with Gasteiger partial charge in [-0.15, -0.1) is 0 Å². The van der Waals surface area contributed by atoms with E-state index in [1.165, 1.54) is 54.8 Å². The van der Waals surface area contributed by atoms with Crippen molar-refractivity contribution in [1.29, 1.82) is 0 Å². The van der Waals surface area contributed by atoms with Crippen LogP contribution in [0.4, 0.5) is 13.2 Å². The van der Waals surface area contributed by atoms with E-state index < -0.39 is 89.9 Å². The van der Waals surface area contributed by atoms with Gasteiger partial charge in [-0.1, -0.05) is 26.3 Å². The van der Waals surface area contributed by atoms with E-state index >= 15 is 0 Å². The summed E-state index contributed by atoms with van der Waals surface area (Å²) in [6.45, 7) is 30.4. The van der Waals surface area contributed by atoms with Crippen LogP contribution >= 0.6 is 21.8 Å². The van der Waals surface area contributed by atoms with Crippen molar-refractivity contribution in [2.24, 2.45) is 0 Å². The molecule has 3 aromatic rings. The zero-order chi connectivity index (χ0) is 60.7. The van der Waals surface area contributed by atoms with Crippen LogP contribution in [0.15, 0.2) is 86.8 Å². The van der Waals surface area contributed by atoms with Gasteiger partial charge in [0.25, 0.3) is 0 Å². The van der Waals surface area contributed by atoms with E-state index in [1.54, 1.807) is 0 Å². The number of rotatable bonds is 20. The second-order valence-electron chi connectivity index (χ2n) is 19.5. The number of aliphatic carboxylic acids is 3. The summed E-state index contributed by atoms with van der Waals surface area (Å²) >= 11 is 0. The van der Waals surface area contributed by atoms with Crippen LogP contribution in [0.3, 0.4) is 0 Å². The van der Waals surface area contributed by atoms with Gasteiger partial charge in [-0.3, -0.25) is 0 Å². The molecule has 6 N–H and O–H groups in total. The Balaban J connectivity index is 0.000000479. The number of fused-ring (bicyclic) bond motifs is 3. The Hall–Kier alpha value is -6.35. The van der Waals surface area contributed by atoms with Crippen molar-refractivity contribution >= 4 is 55.8 Å². The summed E-state index contributed by atoms with van der Waals surface area (Å²) in [5.74, 6) is -5.10. The number of aryl methyl sites for hydroxylation is 3. The Labute approximate surface area is 458 Å². The number of hydrogen-bond acceptors (Lipinski definition) is 17. The van der Waals surface area contributed by atoms with Crippen molar-refractivity contribution in [3.63, 3.8) is 0 Å². The summed E-state index contributed by atoms with van der Waals surface area (Å²) in [5, 5.41) is 60.5. The molecule has 21 nitrogen and oxygen atoms in total. The number of quaternary nitrogens is 1. The summed E-state index contributed by atoms with van der Waals surface area (Å²) in [4.78, 5) is 44.2. The number of hydrogen-bond donors (Lipinski definition) is 6. The average molecular weight is 1200 g/mol. The molecule has 0 aliphatic carbocycles. The number of esters is 1. The van der Waals surface area contributed by atoms with Crippen LogP contribution in [0.5, 0.6) is 51.7 Å². The van der Waals surface area contributed by atoms with Gasteiger partial charge < -0.3 is 13.8 Å². The van der Waals surface area contributed by atoms with E-state index in [0.29, 0.717) is 6.61 Å². The van der Waals surface area contributed by atoms with E-state index in [1.807, 2.05) is 18.0 Å². The number of carbonyl (C=O) groups is 4. The van der Waals surface area contributed by atoms with Gasteiger partial charge in [-0.05, 0) is 26.0 Å². The third-order valence-electron chi connectivity index (χ3n) is 11.7. The number of benzene rings is 3.